The fraction of sp³-hybridized carbons (Fsp3) is 0.300. The van der Waals surface area contributed by atoms with E-state index in [1.807, 2.05) is 0 Å². The van der Waals surface area contributed by atoms with Gasteiger partial charge in [0.1, 0.15) is 0 Å². The van der Waals surface area contributed by atoms with Crippen LogP contribution in [0.1, 0.15) is 29.3 Å². The molecule has 1 aromatic carbocycles. The summed E-state index contributed by atoms with van der Waals surface area (Å²) in [5, 5.41) is 0. The molecule has 0 aliphatic rings. The van der Waals surface area contributed by atoms with E-state index < -0.39 is 41.5 Å². The zero-order chi connectivity index (χ0) is 13.2. The van der Waals surface area contributed by atoms with Gasteiger partial charge in [-0.1, -0.05) is 0 Å². The standard InChI is InChI=1S/C10H7F5O2/c1-4(16)6-2-5(9(12)13)3-7(8(6)11)17-10(14)15/h2-3,9-10H,1H3. The Hall–Kier alpha value is -1.66. The van der Waals surface area contributed by atoms with Crippen LogP contribution in [0.2, 0.25) is 0 Å². The van der Waals surface area contributed by atoms with Crippen LogP contribution in [0.25, 0.3) is 0 Å². The van der Waals surface area contributed by atoms with Gasteiger partial charge in [-0.25, -0.2) is 13.2 Å². The second-order valence-corrected chi connectivity index (χ2v) is 3.12. The van der Waals surface area contributed by atoms with E-state index in [1.165, 1.54) is 0 Å². The minimum Gasteiger partial charge on any atom is -0.432 e. The van der Waals surface area contributed by atoms with Gasteiger partial charge in [0.15, 0.2) is 17.3 Å². The number of alkyl halides is 4. The predicted octanol–water partition coefficient (Wildman–Crippen LogP) is 3.57. The monoisotopic (exact) mass is 254 g/mol. The van der Waals surface area contributed by atoms with Crippen molar-refractivity contribution in [3.63, 3.8) is 0 Å². The van der Waals surface area contributed by atoms with Crippen LogP contribution in [0.15, 0.2) is 12.1 Å². The number of ketones is 1. The summed E-state index contributed by atoms with van der Waals surface area (Å²) in [6, 6.07) is 1.05. The molecule has 1 aromatic rings. The largest absolute Gasteiger partial charge is 0.432 e. The van der Waals surface area contributed by atoms with Gasteiger partial charge >= 0.3 is 6.61 Å². The third-order valence-corrected chi connectivity index (χ3v) is 1.91. The summed E-state index contributed by atoms with van der Waals surface area (Å²) in [5.74, 6) is -3.30. The van der Waals surface area contributed by atoms with Crippen LogP contribution in [0.3, 0.4) is 0 Å². The van der Waals surface area contributed by atoms with Crippen molar-refractivity contribution < 1.29 is 31.5 Å². The lowest BCUT2D eigenvalue weighted by Crippen LogP contribution is -2.08. The third-order valence-electron chi connectivity index (χ3n) is 1.91. The highest BCUT2D eigenvalue weighted by Crippen LogP contribution is 2.30. The first kappa shape index (κ1) is 13.4. The molecule has 0 aromatic heterocycles. The molecular weight excluding hydrogens is 247 g/mol. The Labute approximate surface area is 93.0 Å². The number of hydrogen-bond donors (Lipinski definition) is 0. The summed E-state index contributed by atoms with van der Waals surface area (Å²) in [6.07, 6.45) is -3.02. The van der Waals surface area contributed by atoms with Crippen LogP contribution in [0.4, 0.5) is 22.0 Å². The van der Waals surface area contributed by atoms with Crippen LogP contribution in [-0.4, -0.2) is 12.4 Å². The maximum Gasteiger partial charge on any atom is 0.387 e. The highest BCUT2D eigenvalue weighted by molar-refractivity contribution is 5.95. The molecule has 0 spiro atoms. The Morgan fingerprint density at radius 2 is 1.82 bits per heavy atom. The molecule has 0 fully saturated rings. The molecule has 94 valence electrons. The quantitative estimate of drug-likeness (QED) is 0.606. The van der Waals surface area contributed by atoms with Crippen LogP contribution in [-0.2, 0) is 0 Å². The summed E-state index contributed by atoms with van der Waals surface area (Å²) in [7, 11) is 0. The lowest BCUT2D eigenvalue weighted by molar-refractivity contribution is -0.0524. The number of Topliss-reactive ketones (excluding diaryl/α,β-unsaturated/α-hetero) is 1. The van der Waals surface area contributed by atoms with Crippen molar-refractivity contribution in [3.8, 4) is 5.75 Å². The molecule has 7 heteroatoms. The first-order valence-corrected chi connectivity index (χ1v) is 4.40. The molecule has 1 rings (SSSR count). The molecule has 0 bridgehead atoms. The van der Waals surface area contributed by atoms with Crippen molar-refractivity contribution >= 4 is 5.78 Å². The summed E-state index contributed by atoms with van der Waals surface area (Å²) in [4.78, 5) is 11.0. The van der Waals surface area contributed by atoms with Crippen LogP contribution in [0, 0.1) is 5.82 Å². The average Bonchev–Trinajstić information content (AvgIpc) is 2.19. The number of carbonyl (C=O) groups excluding carboxylic acids is 1. The fourth-order valence-corrected chi connectivity index (χ4v) is 1.18. The predicted molar refractivity (Wildman–Crippen MR) is 48.0 cm³/mol. The highest BCUT2D eigenvalue weighted by Gasteiger charge is 2.21. The summed E-state index contributed by atoms with van der Waals surface area (Å²) in [5.41, 5.74) is -1.47. The number of hydrogen-bond acceptors (Lipinski definition) is 2. The second-order valence-electron chi connectivity index (χ2n) is 3.12. The van der Waals surface area contributed by atoms with E-state index in [1.54, 1.807) is 0 Å². The summed E-state index contributed by atoms with van der Waals surface area (Å²) in [6.45, 7) is -2.43. The Bertz CT molecular complexity index is 431. The van der Waals surface area contributed by atoms with E-state index in [4.69, 9.17) is 0 Å². The molecule has 0 N–H and O–H groups in total. The summed E-state index contributed by atoms with van der Waals surface area (Å²) < 4.78 is 65.7. The van der Waals surface area contributed by atoms with Gasteiger partial charge in [-0.05, 0) is 19.1 Å². The molecule has 0 unspecified atom stereocenters. The van der Waals surface area contributed by atoms with Crippen LogP contribution < -0.4 is 4.74 Å². The minimum atomic E-state index is -3.36. The van der Waals surface area contributed by atoms with Gasteiger partial charge in [-0.3, -0.25) is 4.79 Å². The number of benzene rings is 1. The van der Waals surface area contributed by atoms with Gasteiger partial charge in [-0.2, -0.15) is 8.78 Å². The number of ether oxygens (including phenoxy) is 1. The van der Waals surface area contributed by atoms with Crippen molar-refractivity contribution in [2.24, 2.45) is 0 Å². The Kier molecular flexibility index (Phi) is 4.03. The molecule has 0 radical (unpaired) electrons. The minimum absolute atomic E-state index is 0.443. The van der Waals surface area contributed by atoms with Gasteiger partial charge in [-0.15, -0.1) is 0 Å². The first-order valence-electron chi connectivity index (χ1n) is 4.40. The Balaban J connectivity index is 3.32. The first-order chi connectivity index (χ1) is 7.82. The van der Waals surface area contributed by atoms with Gasteiger partial charge in [0, 0.05) is 5.56 Å². The fourth-order valence-electron chi connectivity index (χ4n) is 1.18. The van der Waals surface area contributed by atoms with Crippen molar-refractivity contribution in [2.75, 3.05) is 0 Å². The molecule has 0 amide bonds. The SMILES string of the molecule is CC(=O)c1cc(C(F)F)cc(OC(F)F)c1F. The van der Waals surface area contributed by atoms with Crippen LogP contribution >= 0.6 is 0 Å². The van der Waals surface area contributed by atoms with Crippen molar-refractivity contribution in [1.82, 2.24) is 0 Å². The van der Waals surface area contributed by atoms with Crippen molar-refractivity contribution in [3.05, 3.63) is 29.1 Å². The average molecular weight is 254 g/mol. The molecular formula is C10H7F5O2. The lowest BCUT2D eigenvalue weighted by atomic mass is 10.1. The topological polar surface area (TPSA) is 26.3 Å². The molecule has 17 heavy (non-hydrogen) atoms. The van der Waals surface area contributed by atoms with Crippen LogP contribution in [0.5, 0.6) is 5.75 Å². The molecule has 2 nitrogen and oxygen atoms in total. The van der Waals surface area contributed by atoms with Gasteiger partial charge in [0.2, 0.25) is 0 Å². The number of halogens is 5. The smallest absolute Gasteiger partial charge is 0.387 e. The maximum absolute atomic E-state index is 13.4. The van der Waals surface area contributed by atoms with E-state index in [0.717, 1.165) is 6.92 Å². The van der Waals surface area contributed by atoms with Gasteiger partial charge in [0.25, 0.3) is 6.43 Å². The van der Waals surface area contributed by atoms with E-state index in [2.05, 4.69) is 4.74 Å². The zero-order valence-corrected chi connectivity index (χ0v) is 8.52. The normalized spacial score (nSPS) is 11.1. The van der Waals surface area contributed by atoms with Gasteiger partial charge in [0.05, 0.1) is 5.56 Å². The molecule has 0 atom stereocenters. The van der Waals surface area contributed by atoms with E-state index >= 15 is 0 Å². The Morgan fingerprint density at radius 1 is 1.24 bits per heavy atom. The van der Waals surface area contributed by atoms with E-state index in [9.17, 15) is 26.7 Å². The molecule has 0 heterocycles. The van der Waals surface area contributed by atoms with Crippen molar-refractivity contribution in [1.29, 1.82) is 0 Å². The van der Waals surface area contributed by atoms with Gasteiger partial charge < -0.3 is 4.74 Å². The molecule has 0 aliphatic heterocycles. The molecule has 0 saturated heterocycles. The highest BCUT2D eigenvalue weighted by atomic mass is 19.3. The maximum atomic E-state index is 13.4. The second kappa shape index (κ2) is 5.11. The molecule has 0 aliphatic carbocycles. The number of carbonyl (C=O) groups is 1. The lowest BCUT2D eigenvalue weighted by Gasteiger charge is -2.10. The number of rotatable bonds is 4. The Morgan fingerprint density at radius 3 is 2.24 bits per heavy atom. The van der Waals surface area contributed by atoms with Crippen molar-refractivity contribution in [2.45, 2.75) is 20.0 Å². The van der Waals surface area contributed by atoms with E-state index in [0.29, 0.717) is 12.1 Å². The third kappa shape index (κ3) is 3.15. The summed E-state index contributed by atoms with van der Waals surface area (Å²) >= 11 is 0. The zero-order valence-electron chi connectivity index (χ0n) is 8.52. The van der Waals surface area contributed by atoms with E-state index in [-0.39, 0.29) is 0 Å². The molecule has 0 saturated carbocycles.